The van der Waals surface area contributed by atoms with E-state index in [-0.39, 0.29) is 51.1 Å². The Morgan fingerprint density at radius 2 is 0.838 bits per heavy atom. The van der Waals surface area contributed by atoms with Crippen molar-refractivity contribution in [2.75, 3.05) is 20.3 Å². The van der Waals surface area contributed by atoms with E-state index in [1.165, 1.54) is 19.2 Å². The molecule has 6 aromatic rings. The van der Waals surface area contributed by atoms with Crippen molar-refractivity contribution in [1.82, 2.24) is 4.72 Å². The summed E-state index contributed by atoms with van der Waals surface area (Å²) >= 11 is 0. The maximum atomic E-state index is 14.2. The first-order valence-corrected chi connectivity index (χ1v) is 24.3. The molecular formula is C54H59NO12S. The molecule has 2 heterocycles. The Bertz CT molecular complexity index is 2460. The summed E-state index contributed by atoms with van der Waals surface area (Å²) in [5.74, 6) is 0. The molecule has 2 saturated heterocycles. The Balaban J connectivity index is 1.15. The van der Waals surface area contributed by atoms with E-state index in [9.17, 15) is 13.5 Å². The second kappa shape index (κ2) is 24.9. The fraction of sp³-hybridized carbons (Fsp3) is 0.333. The average molecular weight is 946 g/mol. The molecular weight excluding hydrogens is 887 g/mol. The lowest BCUT2D eigenvalue weighted by Gasteiger charge is -2.49. The van der Waals surface area contributed by atoms with Gasteiger partial charge in [-0.15, -0.1) is 0 Å². The Hall–Kier alpha value is -5.17. The molecule has 0 unspecified atom stereocenters. The third-order valence-electron chi connectivity index (χ3n) is 11.8. The molecule has 0 saturated carbocycles. The van der Waals surface area contributed by atoms with Gasteiger partial charge in [0.1, 0.15) is 48.8 Å². The lowest BCUT2D eigenvalue weighted by Crippen LogP contribution is -2.68. The molecule has 0 aliphatic carbocycles. The third kappa shape index (κ3) is 13.5. The van der Waals surface area contributed by atoms with E-state index in [1.807, 2.05) is 152 Å². The molecule has 2 aliphatic heterocycles. The fourth-order valence-electron chi connectivity index (χ4n) is 8.30. The number of nitrogens with one attached hydrogen (secondary N) is 1. The number of benzene rings is 6. The van der Waals surface area contributed by atoms with Crippen molar-refractivity contribution in [1.29, 1.82) is 0 Å². The van der Waals surface area contributed by atoms with Crippen molar-refractivity contribution in [2.45, 2.75) is 99.3 Å². The molecule has 14 heteroatoms. The number of aliphatic hydroxyl groups excluding tert-OH is 1. The zero-order chi connectivity index (χ0) is 47.0. The Morgan fingerprint density at radius 1 is 0.471 bits per heavy atom. The van der Waals surface area contributed by atoms with Gasteiger partial charge in [0.25, 0.3) is 0 Å². The first kappa shape index (κ1) is 49.3. The van der Waals surface area contributed by atoms with Crippen LogP contribution in [0.3, 0.4) is 0 Å². The van der Waals surface area contributed by atoms with E-state index >= 15 is 0 Å². The predicted molar refractivity (Wildman–Crippen MR) is 253 cm³/mol. The van der Waals surface area contributed by atoms with Crippen molar-refractivity contribution in [3.8, 4) is 0 Å². The SMILES string of the molecule is CO[C@H]1O[C@@H](COCc2ccccc2)[C@H](O[C@H]2O[C@@H](COCc3ccccc3)[C@@H](OCc3ccccc3)[C@@H](OCc3ccccc3)[C@@H]2O)[C@@H](OCc2ccccc2)[C@@H]1NS(=O)(=O)c1ccccc1. The van der Waals surface area contributed by atoms with Gasteiger partial charge >= 0.3 is 0 Å². The maximum Gasteiger partial charge on any atom is 0.241 e. The molecule has 0 amide bonds. The quantitative estimate of drug-likeness (QED) is 0.0661. The molecule has 0 aromatic heterocycles. The normalized spacial score (nSPS) is 25.2. The van der Waals surface area contributed by atoms with Crippen LogP contribution in [0.5, 0.6) is 0 Å². The van der Waals surface area contributed by atoms with Gasteiger partial charge in [-0.1, -0.05) is 170 Å². The highest BCUT2D eigenvalue weighted by Crippen LogP contribution is 2.35. The van der Waals surface area contributed by atoms with Gasteiger partial charge in [-0.25, -0.2) is 13.1 Å². The minimum absolute atomic E-state index is 0.0341. The topological polar surface area (TPSA) is 149 Å². The van der Waals surface area contributed by atoms with Crippen LogP contribution >= 0.6 is 0 Å². The van der Waals surface area contributed by atoms with Crippen molar-refractivity contribution in [2.24, 2.45) is 0 Å². The van der Waals surface area contributed by atoms with Crippen LogP contribution in [0.25, 0.3) is 0 Å². The third-order valence-corrected chi connectivity index (χ3v) is 13.2. The molecule has 6 aromatic carbocycles. The number of hydrogen-bond acceptors (Lipinski definition) is 12. The summed E-state index contributed by atoms with van der Waals surface area (Å²) in [6.07, 6.45) is -9.93. The fourth-order valence-corrected chi connectivity index (χ4v) is 9.55. The summed E-state index contributed by atoms with van der Waals surface area (Å²) in [4.78, 5) is 0.0341. The Labute approximate surface area is 398 Å². The van der Waals surface area contributed by atoms with Crippen LogP contribution in [-0.4, -0.2) is 95.2 Å². The summed E-state index contributed by atoms with van der Waals surface area (Å²) in [7, 11) is -2.75. The lowest BCUT2D eigenvalue weighted by atomic mass is 9.95. The first-order chi connectivity index (χ1) is 33.3. The van der Waals surface area contributed by atoms with Crippen molar-refractivity contribution < 1.29 is 56.2 Å². The number of sulfonamides is 1. The average Bonchev–Trinajstić information content (AvgIpc) is 3.38. The van der Waals surface area contributed by atoms with Gasteiger partial charge < -0.3 is 47.7 Å². The van der Waals surface area contributed by atoms with Crippen LogP contribution in [0, 0.1) is 0 Å². The van der Waals surface area contributed by atoms with Crippen molar-refractivity contribution in [3.05, 3.63) is 210 Å². The molecule has 10 atom stereocenters. The van der Waals surface area contributed by atoms with Crippen LogP contribution in [0.4, 0.5) is 0 Å². The minimum Gasteiger partial charge on any atom is -0.385 e. The van der Waals surface area contributed by atoms with Crippen LogP contribution < -0.4 is 4.72 Å². The van der Waals surface area contributed by atoms with E-state index in [4.69, 9.17) is 42.6 Å². The summed E-state index contributed by atoms with van der Waals surface area (Å²) in [6.45, 7) is 0.922. The van der Waals surface area contributed by atoms with Gasteiger partial charge in [-0.2, -0.15) is 0 Å². The van der Waals surface area contributed by atoms with Crippen LogP contribution in [-0.2, 0) is 85.7 Å². The molecule has 0 spiro atoms. The van der Waals surface area contributed by atoms with Gasteiger partial charge in [-0.05, 0) is 39.9 Å². The van der Waals surface area contributed by atoms with E-state index in [2.05, 4.69) is 4.72 Å². The maximum absolute atomic E-state index is 14.2. The second-order valence-corrected chi connectivity index (χ2v) is 18.4. The first-order valence-electron chi connectivity index (χ1n) is 22.8. The monoisotopic (exact) mass is 945 g/mol. The standard InChI is InChI=1S/C54H59NO12S/c1-59-53-47(55-68(57,58)44-30-18-7-19-31-44)51(63-35-42-26-14-5-15-27-42)50(46(65-53)38-61-33-40-22-10-3-11-23-40)67-54-48(56)52(64-36-43-28-16-6-17-29-43)49(62-34-41-24-12-4-13-25-41)45(66-54)37-60-32-39-20-8-2-9-21-39/h2-31,45-56H,32-38H2,1H3/t45-,46-,47-,48-,49+,50-,51-,52-,53-,54+/m0/s1. The zero-order valence-corrected chi connectivity index (χ0v) is 38.7. The number of hydrogen-bond donors (Lipinski definition) is 2. The number of methoxy groups -OCH3 is 1. The van der Waals surface area contributed by atoms with Crippen molar-refractivity contribution >= 4 is 10.0 Å². The number of ether oxygens (including phenoxy) is 9. The molecule has 2 aliphatic rings. The van der Waals surface area contributed by atoms with Crippen LogP contribution in [0.1, 0.15) is 27.8 Å². The van der Waals surface area contributed by atoms with E-state index in [0.29, 0.717) is 0 Å². The smallest absolute Gasteiger partial charge is 0.241 e. The van der Waals surface area contributed by atoms with E-state index in [0.717, 1.165) is 27.8 Å². The number of rotatable bonds is 23. The lowest BCUT2D eigenvalue weighted by molar-refractivity contribution is -0.358. The number of aliphatic hydroxyl groups is 1. The second-order valence-electron chi connectivity index (χ2n) is 16.7. The molecule has 0 bridgehead atoms. The molecule has 68 heavy (non-hydrogen) atoms. The van der Waals surface area contributed by atoms with Gasteiger partial charge in [0.15, 0.2) is 12.6 Å². The summed E-state index contributed by atoms with van der Waals surface area (Å²) in [6, 6.07) is 55.2. The van der Waals surface area contributed by atoms with Crippen LogP contribution in [0.2, 0.25) is 0 Å². The van der Waals surface area contributed by atoms with E-state index in [1.54, 1.807) is 18.2 Å². The summed E-state index contributed by atoms with van der Waals surface area (Å²) in [5.41, 5.74) is 4.51. The largest absolute Gasteiger partial charge is 0.385 e. The van der Waals surface area contributed by atoms with Gasteiger partial charge in [0, 0.05) is 7.11 Å². The Kier molecular flexibility index (Phi) is 18.0. The highest BCUT2D eigenvalue weighted by Gasteiger charge is 2.54. The summed E-state index contributed by atoms with van der Waals surface area (Å²) in [5, 5.41) is 12.6. The zero-order valence-electron chi connectivity index (χ0n) is 37.9. The molecule has 13 nitrogen and oxygen atoms in total. The minimum atomic E-state index is -4.19. The predicted octanol–water partition coefficient (Wildman–Crippen LogP) is 7.37. The summed E-state index contributed by atoms with van der Waals surface area (Å²) < 4.78 is 90.2. The van der Waals surface area contributed by atoms with E-state index < -0.39 is 71.4 Å². The molecule has 2 N–H and O–H groups in total. The molecule has 2 fully saturated rings. The van der Waals surface area contributed by atoms with Gasteiger partial charge in [-0.3, -0.25) is 0 Å². The van der Waals surface area contributed by atoms with Crippen LogP contribution in [0.15, 0.2) is 187 Å². The highest BCUT2D eigenvalue weighted by atomic mass is 32.2. The highest BCUT2D eigenvalue weighted by molar-refractivity contribution is 7.89. The van der Waals surface area contributed by atoms with Crippen molar-refractivity contribution in [3.63, 3.8) is 0 Å². The molecule has 0 radical (unpaired) electrons. The van der Waals surface area contributed by atoms with Gasteiger partial charge in [0.2, 0.25) is 10.0 Å². The molecule has 358 valence electrons. The molecule has 8 rings (SSSR count). The Morgan fingerprint density at radius 3 is 1.28 bits per heavy atom. The van der Waals surface area contributed by atoms with Gasteiger partial charge in [0.05, 0.1) is 51.1 Å².